The molecule has 0 bridgehead atoms. The van der Waals surface area contributed by atoms with Crippen LogP contribution in [0, 0.1) is 5.41 Å². The summed E-state index contributed by atoms with van der Waals surface area (Å²) in [5.74, 6) is -0.182. The number of amides is 1. The lowest BCUT2D eigenvalue weighted by Crippen LogP contribution is -2.43. The number of nitrogens with one attached hydrogen (secondary N) is 2. The smallest absolute Gasteiger partial charge is 0.256 e. The highest BCUT2D eigenvalue weighted by molar-refractivity contribution is 5.94. The molecule has 0 aliphatic rings. The van der Waals surface area contributed by atoms with Crippen molar-refractivity contribution in [3.63, 3.8) is 0 Å². The fraction of sp³-hybridized carbons (Fsp3) is 0.222. The van der Waals surface area contributed by atoms with Gasteiger partial charge in [0.2, 0.25) is 0 Å². The molecule has 128 valence electrons. The van der Waals surface area contributed by atoms with Gasteiger partial charge in [-0.15, -0.1) is 12.4 Å². The van der Waals surface area contributed by atoms with E-state index in [1.165, 1.54) is 7.11 Å². The Labute approximate surface area is 148 Å². The summed E-state index contributed by atoms with van der Waals surface area (Å²) in [6.45, 7) is 2.12. The lowest BCUT2D eigenvalue weighted by Gasteiger charge is -2.27. The fourth-order valence-corrected chi connectivity index (χ4v) is 2.25. The zero-order valence-electron chi connectivity index (χ0n) is 13.7. The van der Waals surface area contributed by atoms with E-state index >= 15 is 0 Å². The van der Waals surface area contributed by atoms with Crippen LogP contribution in [0.15, 0.2) is 54.6 Å². The second-order valence-corrected chi connectivity index (χ2v) is 5.40. The summed E-state index contributed by atoms with van der Waals surface area (Å²) in [6, 6.07) is 16.6. The Morgan fingerprint density at radius 2 is 1.75 bits per heavy atom. The number of hydrogen-bond donors (Lipinski definition) is 3. The third-order valence-electron chi connectivity index (χ3n) is 3.88. The molecule has 2 aromatic carbocycles. The van der Waals surface area contributed by atoms with Crippen LogP contribution in [0.25, 0.3) is 0 Å². The van der Waals surface area contributed by atoms with Gasteiger partial charge in [0.15, 0.2) is 5.60 Å². The topological polar surface area (TPSA) is 88.2 Å². The van der Waals surface area contributed by atoms with Crippen molar-refractivity contribution in [2.45, 2.75) is 19.1 Å². The number of nitrogens with two attached hydrogens (primary N) is 1. The fourth-order valence-electron chi connectivity index (χ4n) is 2.25. The van der Waals surface area contributed by atoms with Crippen LogP contribution in [-0.2, 0) is 21.7 Å². The Hall–Kier alpha value is -2.37. The van der Waals surface area contributed by atoms with Crippen LogP contribution in [-0.4, -0.2) is 18.9 Å². The van der Waals surface area contributed by atoms with E-state index in [1.54, 1.807) is 19.1 Å². The van der Waals surface area contributed by atoms with Crippen molar-refractivity contribution in [1.82, 2.24) is 5.32 Å². The van der Waals surface area contributed by atoms with Crippen molar-refractivity contribution in [2.24, 2.45) is 5.73 Å². The van der Waals surface area contributed by atoms with Gasteiger partial charge >= 0.3 is 0 Å². The third kappa shape index (κ3) is 4.34. The van der Waals surface area contributed by atoms with Crippen LogP contribution in [0.4, 0.5) is 0 Å². The number of benzene rings is 2. The molecule has 0 saturated heterocycles. The zero-order valence-corrected chi connectivity index (χ0v) is 14.5. The molecule has 0 spiro atoms. The van der Waals surface area contributed by atoms with Crippen molar-refractivity contribution in [3.05, 3.63) is 71.3 Å². The van der Waals surface area contributed by atoms with E-state index in [2.05, 4.69) is 5.32 Å². The van der Waals surface area contributed by atoms with Crippen LogP contribution in [0.5, 0.6) is 0 Å². The van der Waals surface area contributed by atoms with Gasteiger partial charge in [0, 0.05) is 19.2 Å². The van der Waals surface area contributed by atoms with Gasteiger partial charge in [-0.25, -0.2) is 0 Å². The average Bonchev–Trinajstić information content (AvgIpc) is 2.60. The van der Waals surface area contributed by atoms with Crippen LogP contribution in [0.2, 0.25) is 0 Å². The molecule has 0 aliphatic heterocycles. The Bertz CT molecular complexity index is 689. The van der Waals surface area contributed by atoms with Crippen LogP contribution < -0.4 is 11.1 Å². The zero-order chi connectivity index (χ0) is 16.9. The highest BCUT2D eigenvalue weighted by Gasteiger charge is 2.34. The molecule has 0 heterocycles. The monoisotopic (exact) mass is 347 g/mol. The maximum Gasteiger partial charge on any atom is 0.256 e. The van der Waals surface area contributed by atoms with Crippen LogP contribution >= 0.6 is 12.4 Å². The van der Waals surface area contributed by atoms with E-state index in [0.717, 1.165) is 11.1 Å². The molecule has 6 heteroatoms. The molecular weight excluding hydrogens is 326 g/mol. The molecule has 4 N–H and O–H groups in total. The molecule has 0 aliphatic carbocycles. The quantitative estimate of drug-likeness (QED) is 0.554. The third-order valence-corrected chi connectivity index (χ3v) is 3.88. The maximum atomic E-state index is 12.6. The molecule has 0 aromatic heterocycles. The first-order valence-electron chi connectivity index (χ1n) is 7.29. The summed E-state index contributed by atoms with van der Waals surface area (Å²) in [4.78, 5) is 12.6. The maximum absolute atomic E-state index is 12.6. The standard InChI is InChI=1S/C18H21N3O2.ClH/c1-18(23-2,15-6-4-3-5-7-15)17(22)21-12-13-8-10-14(11-9-13)16(19)20;/h3-11H,12H2,1-2H3,(H3,19,20)(H,21,22);1H/t18-;/m0./s1. The Morgan fingerprint density at radius 3 is 2.25 bits per heavy atom. The van der Waals surface area contributed by atoms with Crippen molar-refractivity contribution < 1.29 is 9.53 Å². The van der Waals surface area contributed by atoms with Crippen LogP contribution in [0.1, 0.15) is 23.6 Å². The van der Waals surface area contributed by atoms with Gasteiger partial charge < -0.3 is 15.8 Å². The Balaban J connectivity index is 0.00000288. The molecule has 1 atom stereocenters. The molecule has 1 amide bonds. The SMILES string of the molecule is CO[C@](C)(C(=O)NCc1ccc(C(=N)N)cc1)c1ccccc1.Cl. The van der Waals surface area contributed by atoms with Gasteiger partial charge in [0.05, 0.1) is 0 Å². The number of amidine groups is 1. The van der Waals surface area contributed by atoms with Gasteiger partial charge in [-0.2, -0.15) is 0 Å². The predicted octanol–water partition coefficient (Wildman–Crippen LogP) is 2.57. The molecule has 0 unspecified atom stereocenters. The number of carbonyl (C=O) groups is 1. The van der Waals surface area contributed by atoms with Crippen molar-refractivity contribution in [3.8, 4) is 0 Å². The van der Waals surface area contributed by atoms with Gasteiger partial charge in [-0.3, -0.25) is 10.2 Å². The lowest BCUT2D eigenvalue weighted by atomic mass is 9.94. The first kappa shape index (κ1) is 19.7. The molecule has 0 saturated carbocycles. The van der Waals surface area contributed by atoms with Crippen molar-refractivity contribution in [2.75, 3.05) is 7.11 Å². The first-order chi connectivity index (χ1) is 11.0. The Morgan fingerprint density at radius 1 is 1.17 bits per heavy atom. The number of nitrogen functional groups attached to an aromatic ring is 1. The molecule has 5 nitrogen and oxygen atoms in total. The number of ether oxygens (including phenoxy) is 1. The number of hydrogen-bond acceptors (Lipinski definition) is 3. The minimum Gasteiger partial charge on any atom is -0.384 e. The van der Waals surface area contributed by atoms with Gasteiger partial charge in [-0.1, -0.05) is 54.6 Å². The minimum atomic E-state index is -1.04. The second kappa shape index (κ2) is 8.47. The predicted molar refractivity (Wildman–Crippen MR) is 97.4 cm³/mol. The van der Waals surface area contributed by atoms with E-state index in [9.17, 15) is 4.79 Å². The van der Waals surface area contributed by atoms with Gasteiger partial charge in [0.1, 0.15) is 5.84 Å². The molecule has 0 radical (unpaired) electrons. The van der Waals surface area contributed by atoms with Crippen LogP contribution in [0.3, 0.4) is 0 Å². The van der Waals surface area contributed by atoms with E-state index in [-0.39, 0.29) is 24.1 Å². The summed E-state index contributed by atoms with van der Waals surface area (Å²) < 4.78 is 5.47. The lowest BCUT2D eigenvalue weighted by molar-refractivity contribution is -0.142. The van der Waals surface area contributed by atoms with E-state index < -0.39 is 5.60 Å². The summed E-state index contributed by atoms with van der Waals surface area (Å²) in [5, 5.41) is 10.3. The van der Waals surface area contributed by atoms with Gasteiger partial charge in [-0.05, 0) is 18.1 Å². The first-order valence-corrected chi connectivity index (χ1v) is 7.29. The molecule has 24 heavy (non-hydrogen) atoms. The minimum absolute atomic E-state index is 0. The number of carbonyl (C=O) groups excluding carboxylic acids is 1. The van der Waals surface area contributed by atoms with E-state index in [4.69, 9.17) is 15.9 Å². The molecule has 2 rings (SSSR count). The van der Waals surface area contributed by atoms with E-state index in [0.29, 0.717) is 12.1 Å². The molecular formula is C18H22ClN3O2. The normalized spacial score (nSPS) is 12.6. The molecule has 2 aromatic rings. The average molecular weight is 348 g/mol. The largest absolute Gasteiger partial charge is 0.384 e. The van der Waals surface area contributed by atoms with E-state index in [1.807, 2.05) is 42.5 Å². The van der Waals surface area contributed by atoms with Gasteiger partial charge in [0.25, 0.3) is 5.91 Å². The highest BCUT2D eigenvalue weighted by atomic mass is 35.5. The van der Waals surface area contributed by atoms with Crippen molar-refractivity contribution >= 4 is 24.1 Å². The van der Waals surface area contributed by atoms with Crippen molar-refractivity contribution in [1.29, 1.82) is 5.41 Å². The summed E-state index contributed by atoms with van der Waals surface area (Å²) in [5.41, 5.74) is 6.76. The highest BCUT2D eigenvalue weighted by Crippen LogP contribution is 2.24. The molecule has 0 fully saturated rings. The Kier molecular flexibility index (Phi) is 6.95. The second-order valence-electron chi connectivity index (χ2n) is 5.40. The number of methoxy groups -OCH3 is 1. The number of rotatable bonds is 6. The summed E-state index contributed by atoms with van der Waals surface area (Å²) in [7, 11) is 1.52. The summed E-state index contributed by atoms with van der Waals surface area (Å²) >= 11 is 0. The number of halogens is 1. The summed E-state index contributed by atoms with van der Waals surface area (Å²) in [6.07, 6.45) is 0.